The van der Waals surface area contributed by atoms with Crippen molar-refractivity contribution >= 4 is 17.2 Å². The lowest BCUT2D eigenvalue weighted by atomic mass is 10.1. The molecule has 0 fully saturated rings. The number of hydrogen-bond donors (Lipinski definition) is 2. The summed E-state index contributed by atoms with van der Waals surface area (Å²) < 4.78 is 5.53. The third kappa shape index (κ3) is 4.96. The number of thiophene rings is 1. The summed E-state index contributed by atoms with van der Waals surface area (Å²) in [5.74, 6) is 0.714. The predicted octanol–water partition coefficient (Wildman–Crippen LogP) is 1.72. The first-order chi connectivity index (χ1) is 10.4. The third-order valence-corrected chi connectivity index (χ3v) is 4.00. The Balaban J connectivity index is 1.94. The molecule has 0 radical (unpaired) electrons. The van der Waals surface area contributed by atoms with Crippen molar-refractivity contribution in [2.24, 2.45) is 0 Å². The van der Waals surface area contributed by atoms with E-state index in [1.54, 1.807) is 17.6 Å². The topological polar surface area (TPSA) is 59.6 Å². The molecule has 2 N–H and O–H groups in total. The van der Waals surface area contributed by atoms with E-state index in [4.69, 9.17) is 4.42 Å². The van der Waals surface area contributed by atoms with E-state index in [-0.39, 0.29) is 11.4 Å². The fraction of sp³-hybridized carbons (Fsp3) is 0.500. The highest BCUT2D eigenvalue weighted by atomic mass is 32.1. The van der Waals surface area contributed by atoms with Crippen molar-refractivity contribution < 1.29 is 14.1 Å². The molecule has 6 heteroatoms. The van der Waals surface area contributed by atoms with E-state index in [0.29, 0.717) is 19.0 Å². The van der Waals surface area contributed by atoms with Crippen molar-refractivity contribution in [1.29, 1.82) is 0 Å². The highest BCUT2D eigenvalue weighted by Gasteiger charge is 2.20. The van der Waals surface area contributed by atoms with Gasteiger partial charge in [0.1, 0.15) is 18.5 Å². The maximum absolute atomic E-state index is 12.0. The molecule has 1 amide bonds. The lowest BCUT2D eigenvalue weighted by Crippen LogP contribution is -3.11. The van der Waals surface area contributed by atoms with Crippen LogP contribution in [0, 0.1) is 0 Å². The molecule has 120 valence electrons. The van der Waals surface area contributed by atoms with Gasteiger partial charge in [-0.05, 0) is 39.1 Å². The number of hydrogen-bond acceptors (Lipinski definition) is 4. The van der Waals surface area contributed by atoms with Crippen LogP contribution in [0.3, 0.4) is 0 Å². The molecule has 5 nitrogen and oxygen atoms in total. The molecule has 0 aliphatic rings. The molecule has 2 rings (SSSR count). The van der Waals surface area contributed by atoms with Crippen molar-refractivity contribution in [2.75, 3.05) is 13.1 Å². The summed E-state index contributed by atoms with van der Waals surface area (Å²) in [4.78, 5) is 18.7. The smallest absolute Gasteiger partial charge is 0.275 e. The zero-order valence-corrected chi connectivity index (χ0v) is 14.4. The molecule has 2 aromatic heterocycles. The number of carbonyl (C=O) groups is 1. The first-order valence-corrected chi connectivity index (χ1v) is 8.38. The number of nitrogens with zero attached hydrogens (tertiary/aromatic N) is 1. The Morgan fingerprint density at radius 1 is 1.45 bits per heavy atom. The van der Waals surface area contributed by atoms with E-state index in [1.165, 1.54) is 0 Å². The van der Waals surface area contributed by atoms with Crippen molar-refractivity contribution in [1.82, 2.24) is 10.3 Å². The van der Waals surface area contributed by atoms with Gasteiger partial charge in [0.15, 0.2) is 6.54 Å². The number of rotatable bonds is 6. The fourth-order valence-corrected chi connectivity index (χ4v) is 2.82. The maximum Gasteiger partial charge on any atom is 0.275 e. The molecule has 2 heterocycles. The first kappa shape index (κ1) is 16.7. The molecular weight excluding hydrogens is 298 g/mol. The SMILES string of the molecule is CC[NH+](CC(=O)NC(C)(C)C)Cc1coc(-c2cccs2)n1. The molecule has 22 heavy (non-hydrogen) atoms. The monoisotopic (exact) mass is 322 g/mol. The molecule has 0 aliphatic carbocycles. The minimum absolute atomic E-state index is 0.0614. The molecule has 0 saturated carbocycles. The van der Waals surface area contributed by atoms with Crippen LogP contribution in [0.5, 0.6) is 0 Å². The molecule has 0 saturated heterocycles. The van der Waals surface area contributed by atoms with Crippen molar-refractivity contribution in [3.05, 3.63) is 29.5 Å². The zero-order chi connectivity index (χ0) is 16.2. The van der Waals surface area contributed by atoms with Crippen LogP contribution in [-0.2, 0) is 11.3 Å². The van der Waals surface area contributed by atoms with Gasteiger partial charge >= 0.3 is 0 Å². The van der Waals surface area contributed by atoms with Crippen molar-refractivity contribution in [3.8, 4) is 10.8 Å². The standard InChI is InChI=1S/C16H23N3O2S/c1-5-19(10-14(20)18-16(2,3)4)9-12-11-21-15(17-12)13-7-6-8-22-13/h6-8,11H,5,9-10H2,1-4H3,(H,18,20)/p+1. The van der Waals surface area contributed by atoms with E-state index in [9.17, 15) is 4.79 Å². The van der Waals surface area contributed by atoms with Crippen LogP contribution in [0.15, 0.2) is 28.2 Å². The number of nitrogens with one attached hydrogen (secondary N) is 2. The number of aromatic nitrogens is 1. The van der Waals surface area contributed by atoms with E-state index < -0.39 is 0 Å². The lowest BCUT2D eigenvalue weighted by Gasteiger charge is -2.22. The maximum atomic E-state index is 12.0. The van der Waals surface area contributed by atoms with Gasteiger partial charge < -0.3 is 14.6 Å². The number of oxazole rings is 1. The summed E-state index contributed by atoms with van der Waals surface area (Å²) in [6, 6.07) is 3.96. The fourth-order valence-electron chi connectivity index (χ4n) is 2.16. The van der Waals surface area contributed by atoms with E-state index in [0.717, 1.165) is 22.0 Å². The Morgan fingerprint density at radius 2 is 2.23 bits per heavy atom. The second kappa shape index (κ2) is 7.07. The average molecular weight is 322 g/mol. The number of likely N-dealkylation sites (N-methyl/N-ethyl adjacent to an activating group) is 1. The number of carbonyl (C=O) groups excluding carboxylic acids is 1. The summed E-state index contributed by atoms with van der Waals surface area (Å²) in [6.07, 6.45) is 1.69. The van der Waals surface area contributed by atoms with Gasteiger partial charge in [-0.3, -0.25) is 4.79 Å². The Kier molecular flexibility index (Phi) is 5.37. The quantitative estimate of drug-likeness (QED) is 0.851. The second-order valence-corrected chi connectivity index (χ2v) is 7.32. The second-order valence-electron chi connectivity index (χ2n) is 6.38. The predicted molar refractivity (Wildman–Crippen MR) is 87.8 cm³/mol. The molecular formula is C16H24N3O2S+. The Morgan fingerprint density at radius 3 is 2.82 bits per heavy atom. The van der Waals surface area contributed by atoms with Gasteiger partial charge in [-0.1, -0.05) is 6.07 Å². The van der Waals surface area contributed by atoms with Gasteiger partial charge in [-0.25, -0.2) is 4.98 Å². The van der Waals surface area contributed by atoms with Gasteiger partial charge in [0, 0.05) is 5.54 Å². The minimum Gasteiger partial charge on any atom is -0.443 e. The number of amides is 1. The van der Waals surface area contributed by atoms with Crippen LogP contribution in [0.4, 0.5) is 0 Å². The van der Waals surface area contributed by atoms with Crippen LogP contribution in [-0.4, -0.2) is 29.5 Å². The normalized spacial score (nSPS) is 13.1. The van der Waals surface area contributed by atoms with Gasteiger partial charge in [0.2, 0.25) is 5.89 Å². The summed E-state index contributed by atoms with van der Waals surface area (Å²) >= 11 is 1.60. The van der Waals surface area contributed by atoms with Crippen LogP contribution >= 0.6 is 11.3 Å². The van der Waals surface area contributed by atoms with E-state index in [1.807, 2.05) is 38.3 Å². The third-order valence-electron chi connectivity index (χ3n) is 3.14. The highest BCUT2D eigenvalue weighted by Crippen LogP contribution is 2.23. The van der Waals surface area contributed by atoms with Crippen LogP contribution < -0.4 is 10.2 Å². The molecule has 0 aliphatic heterocycles. The minimum atomic E-state index is -0.198. The molecule has 0 aromatic carbocycles. The van der Waals surface area contributed by atoms with Gasteiger partial charge in [0.05, 0.1) is 11.4 Å². The molecule has 1 unspecified atom stereocenters. The summed E-state index contributed by atoms with van der Waals surface area (Å²) in [7, 11) is 0. The van der Waals surface area contributed by atoms with Gasteiger partial charge in [0.25, 0.3) is 5.91 Å². The van der Waals surface area contributed by atoms with E-state index in [2.05, 4.69) is 17.2 Å². The van der Waals surface area contributed by atoms with Gasteiger partial charge in [-0.15, -0.1) is 11.3 Å². The molecule has 0 bridgehead atoms. The van der Waals surface area contributed by atoms with Crippen LogP contribution in [0.2, 0.25) is 0 Å². The van der Waals surface area contributed by atoms with Crippen LogP contribution in [0.25, 0.3) is 10.8 Å². The Bertz CT molecular complexity index is 599. The zero-order valence-electron chi connectivity index (χ0n) is 13.6. The molecule has 1 atom stereocenters. The lowest BCUT2D eigenvalue weighted by molar-refractivity contribution is -0.904. The molecule has 2 aromatic rings. The highest BCUT2D eigenvalue weighted by molar-refractivity contribution is 7.13. The Labute approximate surface area is 135 Å². The van der Waals surface area contributed by atoms with Crippen LogP contribution in [0.1, 0.15) is 33.4 Å². The largest absolute Gasteiger partial charge is 0.443 e. The van der Waals surface area contributed by atoms with E-state index >= 15 is 0 Å². The average Bonchev–Trinajstić information content (AvgIpc) is 3.05. The first-order valence-electron chi connectivity index (χ1n) is 7.50. The summed E-state index contributed by atoms with van der Waals surface area (Å²) in [5.41, 5.74) is 0.680. The van der Waals surface area contributed by atoms with Crippen molar-refractivity contribution in [3.63, 3.8) is 0 Å². The van der Waals surface area contributed by atoms with Crippen molar-refractivity contribution in [2.45, 2.75) is 39.8 Å². The number of quaternary nitrogens is 1. The summed E-state index contributed by atoms with van der Waals surface area (Å²) in [6.45, 7) is 10.0. The Hall–Kier alpha value is -1.66. The summed E-state index contributed by atoms with van der Waals surface area (Å²) in [5, 5.41) is 4.99. The van der Waals surface area contributed by atoms with Gasteiger partial charge in [-0.2, -0.15) is 0 Å². The molecule has 0 spiro atoms.